The summed E-state index contributed by atoms with van der Waals surface area (Å²) >= 11 is 12.9. The molecule has 1 aromatic heterocycles. The zero-order chi connectivity index (χ0) is 11.3. The van der Waals surface area contributed by atoms with Gasteiger partial charge >= 0.3 is 0 Å². The molecule has 3 unspecified atom stereocenters. The van der Waals surface area contributed by atoms with Crippen LogP contribution in [0.5, 0.6) is 0 Å². The molecule has 1 aromatic rings. The van der Waals surface area contributed by atoms with Gasteiger partial charge in [0, 0.05) is 4.83 Å². The van der Waals surface area contributed by atoms with E-state index in [9.17, 15) is 0 Å². The minimum atomic E-state index is 0.553. The van der Waals surface area contributed by atoms with Gasteiger partial charge in [0.1, 0.15) is 0 Å². The first-order valence-electron chi connectivity index (χ1n) is 5.77. The molecule has 3 rings (SSSR count). The maximum atomic E-state index is 3.92. The Balaban J connectivity index is 1.78. The predicted octanol–water partition coefficient (Wildman–Crippen LogP) is 6.15. The lowest BCUT2D eigenvalue weighted by atomic mass is 10.0. The summed E-state index contributed by atoms with van der Waals surface area (Å²) < 4.78 is 2.51. The van der Waals surface area contributed by atoms with Gasteiger partial charge in [-0.2, -0.15) is 0 Å². The molecule has 16 heavy (non-hydrogen) atoms. The quantitative estimate of drug-likeness (QED) is 0.496. The Labute approximate surface area is 126 Å². The fourth-order valence-electron chi connectivity index (χ4n) is 3.23. The smallest absolute Gasteiger partial charge is 0.0753 e. The van der Waals surface area contributed by atoms with Crippen molar-refractivity contribution in [3.8, 4) is 0 Å². The third-order valence-electron chi connectivity index (χ3n) is 4.04. The molecule has 0 spiro atoms. The van der Waals surface area contributed by atoms with E-state index in [1.165, 1.54) is 38.8 Å². The lowest BCUT2D eigenvalue weighted by Gasteiger charge is -2.08. The SMILES string of the molecule is Brc1cc(C(Br)C2C3CCCCC32)c(Br)s1. The van der Waals surface area contributed by atoms with Crippen LogP contribution in [-0.2, 0) is 0 Å². The minimum Gasteiger partial charge on any atom is -0.121 e. The van der Waals surface area contributed by atoms with Crippen molar-refractivity contribution in [3.05, 3.63) is 19.2 Å². The lowest BCUT2D eigenvalue weighted by molar-refractivity contribution is 0.480. The van der Waals surface area contributed by atoms with Crippen LogP contribution in [0.3, 0.4) is 0 Å². The summed E-state index contributed by atoms with van der Waals surface area (Å²) in [5.41, 5.74) is 1.44. The van der Waals surface area contributed by atoms with Gasteiger partial charge in [-0.25, -0.2) is 0 Å². The van der Waals surface area contributed by atoms with Crippen molar-refractivity contribution in [2.75, 3.05) is 0 Å². The third-order valence-corrected chi connectivity index (χ3v) is 7.53. The number of rotatable bonds is 2. The van der Waals surface area contributed by atoms with Gasteiger partial charge in [-0.1, -0.05) is 28.8 Å². The van der Waals surface area contributed by atoms with Gasteiger partial charge in [0.25, 0.3) is 0 Å². The molecule has 2 aliphatic carbocycles. The summed E-state index contributed by atoms with van der Waals surface area (Å²) in [6.07, 6.45) is 5.82. The van der Waals surface area contributed by atoms with Crippen molar-refractivity contribution in [2.45, 2.75) is 30.5 Å². The molecule has 0 aliphatic heterocycles. The third kappa shape index (κ3) is 2.08. The molecule has 0 aromatic carbocycles. The number of halogens is 3. The molecular weight excluding hydrogens is 416 g/mol. The summed E-state index contributed by atoms with van der Waals surface area (Å²) in [4.78, 5) is 0.553. The Bertz CT molecular complexity index is 389. The number of hydrogen-bond acceptors (Lipinski definition) is 1. The second-order valence-corrected chi connectivity index (χ2v) is 9.61. The van der Waals surface area contributed by atoms with Gasteiger partial charge in [-0.15, -0.1) is 11.3 Å². The first kappa shape index (κ1) is 12.2. The minimum absolute atomic E-state index is 0.553. The Hall–Kier alpha value is 1.14. The summed E-state index contributed by atoms with van der Waals surface area (Å²) in [5, 5.41) is 0. The Kier molecular flexibility index (Phi) is 3.56. The largest absolute Gasteiger partial charge is 0.121 e. The van der Waals surface area contributed by atoms with Crippen molar-refractivity contribution in [3.63, 3.8) is 0 Å². The molecular formula is C12H13Br3S. The topological polar surface area (TPSA) is 0 Å². The summed E-state index contributed by atoms with van der Waals surface area (Å²) in [7, 11) is 0. The van der Waals surface area contributed by atoms with Crippen molar-refractivity contribution in [1.29, 1.82) is 0 Å². The van der Waals surface area contributed by atoms with Gasteiger partial charge in [0.05, 0.1) is 7.57 Å². The van der Waals surface area contributed by atoms with Crippen LogP contribution >= 0.6 is 59.1 Å². The summed E-state index contributed by atoms with van der Waals surface area (Å²) in [6, 6.07) is 2.26. The second kappa shape index (κ2) is 4.67. The van der Waals surface area contributed by atoms with E-state index in [0.29, 0.717) is 4.83 Å². The Morgan fingerprint density at radius 2 is 1.81 bits per heavy atom. The maximum Gasteiger partial charge on any atom is 0.0753 e. The molecule has 0 nitrogen and oxygen atoms in total. The highest BCUT2D eigenvalue weighted by atomic mass is 79.9. The zero-order valence-electron chi connectivity index (χ0n) is 8.76. The highest BCUT2D eigenvalue weighted by molar-refractivity contribution is 9.12. The van der Waals surface area contributed by atoms with Crippen LogP contribution in [0, 0.1) is 17.8 Å². The first-order valence-corrected chi connectivity index (χ1v) is 9.09. The standard InChI is InChI=1S/C12H13Br3S/c13-9-5-8(12(15)16-9)11(14)10-6-3-1-2-4-7(6)10/h5-7,10-11H,1-4H2. The number of hydrogen-bond donors (Lipinski definition) is 0. The highest BCUT2D eigenvalue weighted by Gasteiger charge is 2.54. The average molecular weight is 429 g/mol. The van der Waals surface area contributed by atoms with Crippen LogP contribution in [0.1, 0.15) is 36.1 Å². The Morgan fingerprint density at radius 3 is 2.31 bits per heavy atom. The number of thiophene rings is 1. The van der Waals surface area contributed by atoms with Gasteiger partial charge in [0.15, 0.2) is 0 Å². The number of fused-ring (bicyclic) bond motifs is 1. The van der Waals surface area contributed by atoms with Crippen LogP contribution < -0.4 is 0 Å². The van der Waals surface area contributed by atoms with E-state index in [2.05, 4.69) is 53.9 Å². The van der Waals surface area contributed by atoms with Gasteiger partial charge in [-0.3, -0.25) is 0 Å². The zero-order valence-corrected chi connectivity index (χ0v) is 14.3. The van der Waals surface area contributed by atoms with Crippen molar-refractivity contribution >= 4 is 59.1 Å². The molecule has 4 heteroatoms. The molecule has 0 bridgehead atoms. The molecule has 0 amide bonds. The van der Waals surface area contributed by atoms with E-state index in [0.717, 1.165) is 17.8 Å². The van der Waals surface area contributed by atoms with Crippen molar-refractivity contribution in [1.82, 2.24) is 0 Å². The van der Waals surface area contributed by atoms with Gasteiger partial charge < -0.3 is 0 Å². The van der Waals surface area contributed by atoms with Crippen molar-refractivity contribution < 1.29 is 0 Å². The Morgan fingerprint density at radius 1 is 1.19 bits per heavy atom. The molecule has 2 saturated carbocycles. The van der Waals surface area contributed by atoms with E-state index in [-0.39, 0.29) is 0 Å². The normalized spacial score (nSPS) is 34.6. The summed E-state index contributed by atoms with van der Waals surface area (Å²) in [6.45, 7) is 0. The molecule has 0 N–H and O–H groups in total. The van der Waals surface area contributed by atoms with E-state index >= 15 is 0 Å². The second-order valence-electron chi connectivity index (χ2n) is 4.87. The molecule has 3 atom stereocenters. The van der Waals surface area contributed by atoms with Crippen LogP contribution in [0.4, 0.5) is 0 Å². The van der Waals surface area contributed by atoms with Crippen molar-refractivity contribution in [2.24, 2.45) is 17.8 Å². The lowest BCUT2D eigenvalue weighted by Crippen LogP contribution is -1.93. The molecule has 88 valence electrons. The van der Waals surface area contributed by atoms with Crippen LogP contribution in [0.15, 0.2) is 13.6 Å². The first-order chi connectivity index (χ1) is 7.68. The van der Waals surface area contributed by atoms with E-state index in [1.54, 1.807) is 11.3 Å². The molecule has 2 aliphatic rings. The van der Waals surface area contributed by atoms with E-state index in [4.69, 9.17) is 0 Å². The molecule has 2 fully saturated rings. The predicted molar refractivity (Wildman–Crippen MR) is 80.3 cm³/mol. The molecule has 0 saturated heterocycles. The van der Waals surface area contributed by atoms with E-state index < -0.39 is 0 Å². The van der Waals surface area contributed by atoms with Crippen LogP contribution in [-0.4, -0.2) is 0 Å². The number of alkyl halides is 1. The maximum absolute atomic E-state index is 3.92. The van der Waals surface area contributed by atoms with Crippen LogP contribution in [0.2, 0.25) is 0 Å². The van der Waals surface area contributed by atoms with E-state index in [1.807, 2.05) is 0 Å². The molecule has 1 heterocycles. The highest BCUT2D eigenvalue weighted by Crippen LogP contribution is 2.63. The average Bonchev–Trinajstić information content (AvgIpc) is 2.89. The van der Waals surface area contributed by atoms with Gasteiger partial charge in [-0.05, 0) is 74.1 Å². The monoisotopic (exact) mass is 426 g/mol. The molecule has 0 radical (unpaired) electrons. The summed E-state index contributed by atoms with van der Waals surface area (Å²) in [5.74, 6) is 2.90. The fourth-order valence-corrected chi connectivity index (χ4v) is 7.76. The van der Waals surface area contributed by atoms with Gasteiger partial charge in [0.2, 0.25) is 0 Å². The van der Waals surface area contributed by atoms with Crippen LogP contribution in [0.25, 0.3) is 0 Å². The fraction of sp³-hybridized carbons (Fsp3) is 0.667.